The molecule has 158 valence electrons. The molecule has 2 aromatic carbocycles. The van der Waals surface area contributed by atoms with Crippen molar-refractivity contribution < 1.29 is 19.1 Å². The second-order valence-electron chi connectivity index (χ2n) is 7.44. The molecule has 0 N–H and O–H groups in total. The van der Waals surface area contributed by atoms with Crippen LogP contribution in [0, 0.1) is 28.1 Å². The van der Waals surface area contributed by atoms with Crippen LogP contribution in [0.15, 0.2) is 72.1 Å². The molecule has 2 aromatic rings. The smallest absolute Gasteiger partial charge is 0.355 e. The molecule has 2 aliphatic heterocycles. The molecule has 0 unspecified atom stereocenters. The molecule has 0 radical (unpaired) electrons. The van der Waals surface area contributed by atoms with Crippen molar-refractivity contribution in [1.82, 2.24) is 4.90 Å². The third-order valence-corrected chi connectivity index (χ3v) is 5.96. The molecule has 2 atom stereocenters. The van der Waals surface area contributed by atoms with Gasteiger partial charge in [-0.15, -0.1) is 0 Å². The summed E-state index contributed by atoms with van der Waals surface area (Å²) in [7, 11) is 2.41. The van der Waals surface area contributed by atoms with E-state index in [0.29, 0.717) is 11.1 Å². The number of hydrogen-bond donors (Lipinski definition) is 0. The van der Waals surface area contributed by atoms with Gasteiger partial charge in [0.1, 0.15) is 5.70 Å². The highest BCUT2D eigenvalue weighted by molar-refractivity contribution is 6.02. The van der Waals surface area contributed by atoms with E-state index in [-0.39, 0.29) is 11.3 Å². The maximum Gasteiger partial charge on any atom is 0.355 e. The Hall–Kier alpha value is -4.36. The van der Waals surface area contributed by atoms with Crippen LogP contribution in [0.25, 0.3) is 6.08 Å². The molecule has 0 fully saturated rings. The number of nitrogens with zero attached hydrogens (tertiary/aromatic N) is 3. The first kappa shape index (κ1) is 20.9. The van der Waals surface area contributed by atoms with Crippen molar-refractivity contribution in [2.24, 2.45) is 5.41 Å². The van der Waals surface area contributed by atoms with E-state index in [4.69, 9.17) is 9.47 Å². The predicted octanol–water partition coefficient (Wildman–Crippen LogP) is 3.45. The molecule has 0 saturated heterocycles. The first-order chi connectivity index (χ1) is 15.5. The van der Waals surface area contributed by atoms with Gasteiger partial charge >= 0.3 is 11.9 Å². The SMILES string of the molecule is COC(=O)C1=C(C(=O)OC)N2C=Cc3ccccc3[C@H]2C(C#N)(C#N)[C@H]1c1ccccc1. The minimum atomic E-state index is -1.75. The average molecular weight is 425 g/mol. The maximum absolute atomic E-state index is 13.1. The first-order valence-corrected chi connectivity index (χ1v) is 9.87. The molecular weight excluding hydrogens is 406 g/mol. The molecule has 0 amide bonds. The van der Waals surface area contributed by atoms with E-state index in [9.17, 15) is 20.1 Å². The van der Waals surface area contributed by atoms with Gasteiger partial charge in [-0.3, -0.25) is 0 Å². The van der Waals surface area contributed by atoms with E-state index in [0.717, 1.165) is 5.56 Å². The van der Waals surface area contributed by atoms with Crippen molar-refractivity contribution in [3.05, 3.63) is 88.8 Å². The number of carbonyl (C=O) groups excluding carboxylic acids is 2. The van der Waals surface area contributed by atoms with Crippen LogP contribution in [-0.2, 0) is 19.1 Å². The molecule has 0 aromatic heterocycles. The number of ether oxygens (including phenoxy) is 2. The highest BCUT2D eigenvalue weighted by Gasteiger charge is 2.60. The van der Waals surface area contributed by atoms with Crippen LogP contribution in [0.5, 0.6) is 0 Å². The largest absolute Gasteiger partial charge is 0.466 e. The molecule has 2 heterocycles. The summed E-state index contributed by atoms with van der Waals surface area (Å²) in [6.07, 6.45) is 3.37. The van der Waals surface area contributed by atoms with Gasteiger partial charge in [0.25, 0.3) is 0 Å². The molecule has 2 aliphatic rings. The van der Waals surface area contributed by atoms with E-state index in [1.165, 1.54) is 19.1 Å². The van der Waals surface area contributed by atoms with Crippen molar-refractivity contribution in [3.8, 4) is 12.1 Å². The Balaban J connectivity index is 2.17. The number of nitriles is 2. The molecule has 7 nitrogen and oxygen atoms in total. The van der Waals surface area contributed by atoms with Crippen molar-refractivity contribution in [3.63, 3.8) is 0 Å². The Bertz CT molecular complexity index is 1220. The number of methoxy groups -OCH3 is 2. The van der Waals surface area contributed by atoms with E-state index in [1.54, 1.807) is 42.6 Å². The molecular formula is C25H19N3O4. The zero-order chi connectivity index (χ0) is 22.9. The fraction of sp³-hybridized carbons (Fsp3) is 0.200. The Labute approximate surface area is 185 Å². The van der Waals surface area contributed by atoms with E-state index in [1.807, 2.05) is 24.3 Å². The maximum atomic E-state index is 13.1. The van der Waals surface area contributed by atoms with Crippen molar-refractivity contribution in [2.45, 2.75) is 12.0 Å². The van der Waals surface area contributed by atoms with Gasteiger partial charge in [0.15, 0.2) is 5.41 Å². The minimum Gasteiger partial charge on any atom is -0.466 e. The Morgan fingerprint density at radius 1 is 0.938 bits per heavy atom. The van der Waals surface area contributed by atoms with Crippen LogP contribution in [0.4, 0.5) is 0 Å². The molecule has 0 aliphatic carbocycles. The summed E-state index contributed by atoms with van der Waals surface area (Å²) in [6, 6.07) is 19.7. The van der Waals surface area contributed by atoms with Crippen molar-refractivity contribution in [1.29, 1.82) is 10.5 Å². The van der Waals surface area contributed by atoms with Gasteiger partial charge in [0.05, 0.1) is 43.9 Å². The fourth-order valence-corrected chi connectivity index (χ4v) is 4.63. The number of esters is 2. The van der Waals surface area contributed by atoms with Gasteiger partial charge in [-0.2, -0.15) is 10.5 Å². The Kier molecular flexibility index (Phi) is 5.26. The Morgan fingerprint density at radius 3 is 2.19 bits per heavy atom. The number of benzene rings is 2. The standard InChI is InChI=1S/C25H19N3O4/c1-31-23(29)19-20(17-9-4-3-5-10-17)25(14-26,15-27)22-18-11-7-6-8-16(18)12-13-28(22)21(19)24(30)32-2/h3-13,20,22H,1-2H3/t20-,22-/m0/s1. The van der Waals surface area contributed by atoms with Crippen LogP contribution in [0.3, 0.4) is 0 Å². The number of carbonyl (C=O) groups is 2. The summed E-state index contributed by atoms with van der Waals surface area (Å²) in [5.74, 6) is -2.62. The number of hydrogen-bond acceptors (Lipinski definition) is 7. The monoisotopic (exact) mass is 425 g/mol. The van der Waals surface area contributed by atoms with Crippen LogP contribution < -0.4 is 0 Å². The van der Waals surface area contributed by atoms with Gasteiger partial charge in [0, 0.05) is 6.20 Å². The molecule has 0 spiro atoms. The van der Waals surface area contributed by atoms with Crippen LogP contribution in [0.1, 0.15) is 28.7 Å². The first-order valence-electron chi connectivity index (χ1n) is 9.87. The zero-order valence-electron chi connectivity index (χ0n) is 17.5. The fourth-order valence-electron chi connectivity index (χ4n) is 4.63. The third kappa shape index (κ3) is 2.87. The lowest BCUT2D eigenvalue weighted by atomic mass is 9.60. The molecule has 32 heavy (non-hydrogen) atoms. The summed E-state index contributed by atoms with van der Waals surface area (Å²) in [5.41, 5.74) is 0.178. The number of fused-ring (bicyclic) bond motifs is 3. The topological polar surface area (TPSA) is 103 Å². The average Bonchev–Trinajstić information content (AvgIpc) is 2.86. The normalized spacial score (nSPS) is 20.3. The lowest BCUT2D eigenvalue weighted by molar-refractivity contribution is -0.142. The molecule has 0 bridgehead atoms. The van der Waals surface area contributed by atoms with Gasteiger partial charge in [-0.25, -0.2) is 9.59 Å². The summed E-state index contributed by atoms with van der Waals surface area (Å²) in [6.45, 7) is 0. The summed E-state index contributed by atoms with van der Waals surface area (Å²) < 4.78 is 10.0. The van der Waals surface area contributed by atoms with Gasteiger partial charge in [-0.05, 0) is 22.8 Å². The second kappa shape index (κ2) is 8.05. The van der Waals surface area contributed by atoms with Crippen LogP contribution in [-0.4, -0.2) is 31.1 Å². The van der Waals surface area contributed by atoms with Gasteiger partial charge in [-0.1, -0.05) is 54.6 Å². The lowest BCUT2D eigenvalue weighted by Crippen LogP contribution is -2.50. The highest BCUT2D eigenvalue weighted by atomic mass is 16.5. The summed E-state index contributed by atoms with van der Waals surface area (Å²) >= 11 is 0. The highest BCUT2D eigenvalue weighted by Crippen LogP contribution is 2.58. The number of rotatable bonds is 3. The van der Waals surface area contributed by atoms with Gasteiger partial charge < -0.3 is 14.4 Å². The minimum absolute atomic E-state index is 0.0509. The van der Waals surface area contributed by atoms with E-state index >= 15 is 0 Å². The second-order valence-corrected chi connectivity index (χ2v) is 7.44. The van der Waals surface area contributed by atoms with E-state index < -0.39 is 29.3 Å². The van der Waals surface area contributed by atoms with Crippen LogP contribution >= 0.6 is 0 Å². The van der Waals surface area contributed by atoms with E-state index in [2.05, 4.69) is 12.1 Å². The molecule has 7 heteroatoms. The Morgan fingerprint density at radius 2 is 1.56 bits per heavy atom. The van der Waals surface area contributed by atoms with Crippen molar-refractivity contribution >= 4 is 18.0 Å². The third-order valence-electron chi connectivity index (χ3n) is 5.96. The van der Waals surface area contributed by atoms with Crippen LogP contribution in [0.2, 0.25) is 0 Å². The molecule has 0 saturated carbocycles. The predicted molar refractivity (Wildman–Crippen MR) is 114 cm³/mol. The lowest BCUT2D eigenvalue weighted by Gasteiger charge is -2.49. The van der Waals surface area contributed by atoms with Gasteiger partial charge in [0.2, 0.25) is 0 Å². The summed E-state index contributed by atoms with van der Waals surface area (Å²) in [4.78, 5) is 27.6. The van der Waals surface area contributed by atoms with Crippen molar-refractivity contribution in [2.75, 3.05) is 14.2 Å². The molecule has 4 rings (SSSR count). The zero-order valence-corrected chi connectivity index (χ0v) is 17.5. The summed E-state index contributed by atoms with van der Waals surface area (Å²) in [5, 5.41) is 21.0. The quantitative estimate of drug-likeness (QED) is 0.694.